The zero-order chi connectivity index (χ0) is 9.14. The van der Waals surface area contributed by atoms with Crippen LogP contribution in [0.5, 0.6) is 0 Å². The molecule has 5 nitrogen and oxygen atoms in total. The molecule has 1 saturated heterocycles. The fourth-order valence-corrected chi connectivity index (χ4v) is 0.839. The van der Waals surface area contributed by atoms with Crippen LogP contribution < -0.4 is 0 Å². The van der Waals surface area contributed by atoms with Gasteiger partial charge in [0.15, 0.2) is 0 Å². The minimum absolute atomic E-state index is 0. The molecule has 1 fully saturated rings. The smallest absolute Gasteiger partial charge is 0.309 e. The first-order valence-electron chi connectivity index (χ1n) is 3.30. The van der Waals surface area contributed by atoms with Crippen molar-refractivity contribution in [1.29, 1.82) is 0 Å². The summed E-state index contributed by atoms with van der Waals surface area (Å²) < 4.78 is 0. The molecule has 0 aromatic heterocycles. The quantitative estimate of drug-likeness (QED) is 0.269. The van der Waals surface area contributed by atoms with Crippen LogP contribution in [0.25, 0.3) is 0 Å². The third-order valence-corrected chi connectivity index (χ3v) is 1.55. The Morgan fingerprint density at radius 2 is 1.26 bits per heavy atom. The first kappa shape index (κ1) is 44.8. The maximum atomic E-state index is 10.8. The number of imide groups is 1. The summed E-state index contributed by atoms with van der Waals surface area (Å²) in [6, 6.07) is 0. The summed E-state index contributed by atoms with van der Waals surface area (Å²) in [5.41, 5.74) is 0. The number of hydroxylamine groups is 2. The SMILES string of the molecule is O=C(C[S-])ON1C(=O)CCC1=O.[Y].[Y].[Y].[Y].[Y].[Y].[Y]. The zero-order valence-corrected chi connectivity index (χ0v) is 30.8. The summed E-state index contributed by atoms with van der Waals surface area (Å²) >= 11 is 4.36. The summed E-state index contributed by atoms with van der Waals surface area (Å²) in [6.45, 7) is 0. The van der Waals surface area contributed by atoms with Gasteiger partial charge in [-0.15, -0.1) is 5.06 Å². The second-order valence-electron chi connectivity index (χ2n) is 2.19. The fourth-order valence-electron chi connectivity index (χ4n) is 0.786. The molecule has 0 atom stereocenters. The molecular weight excluding hydrogens is 804 g/mol. The van der Waals surface area contributed by atoms with Crippen molar-refractivity contribution < 1.29 is 248 Å². The van der Waals surface area contributed by atoms with Gasteiger partial charge in [-0.2, -0.15) is 0 Å². The van der Waals surface area contributed by atoms with Crippen molar-refractivity contribution in [2.45, 2.75) is 12.8 Å². The van der Waals surface area contributed by atoms with Crippen molar-refractivity contribution in [2.24, 2.45) is 0 Å². The van der Waals surface area contributed by atoms with E-state index in [1.165, 1.54) is 0 Å². The Hall–Kier alpha value is 6.69. The Morgan fingerprint density at radius 1 is 0.947 bits per heavy atom. The van der Waals surface area contributed by atoms with Crippen molar-refractivity contribution >= 4 is 30.4 Å². The van der Waals surface area contributed by atoms with Gasteiger partial charge in [-0.1, -0.05) is 5.75 Å². The minimum Gasteiger partial charge on any atom is -0.782 e. The number of carbonyl (C=O) groups excluding carboxylic acids is 3. The Kier molecular flexibility index (Phi) is 63.5. The number of hydrogen-bond acceptors (Lipinski definition) is 5. The average Bonchev–Trinajstić information content (AvgIpc) is 2.35. The standard InChI is InChI=1S/C6H7NO4S.7Y/c8-4-1-2-5(9)7(4)11-6(10)3-12;;;;;;;/h12H,1-3H2;;;;;;;/p-1. The van der Waals surface area contributed by atoms with Gasteiger partial charge in [0.2, 0.25) is 0 Å². The fraction of sp³-hybridized carbons (Fsp3) is 0.500. The molecule has 13 heteroatoms. The maximum absolute atomic E-state index is 10.8. The monoisotopic (exact) mass is 810 g/mol. The van der Waals surface area contributed by atoms with Gasteiger partial charge in [0.25, 0.3) is 11.8 Å². The van der Waals surface area contributed by atoms with Gasteiger partial charge in [0.05, 0.1) is 0 Å². The number of hydrogen-bond donors (Lipinski definition) is 0. The van der Waals surface area contributed by atoms with E-state index < -0.39 is 17.8 Å². The van der Waals surface area contributed by atoms with Gasteiger partial charge < -0.3 is 17.5 Å². The number of amides is 2. The van der Waals surface area contributed by atoms with Crippen LogP contribution >= 0.6 is 0 Å². The topological polar surface area (TPSA) is 63.7 Å². The third-order valence-electron chi connectivity index (χ3n) is 1.32. The van der Waals surface area contributed by atoms with Gasteiger partial charge in [0.1, 0.15) is 0 Å². The van der Waals surface area contributed by atoms with Crippen LogP contribution in [0.15, 0.2) is 0 Å². The van der Waals surface area contributed by atoms with E-state index in [0.717, 1.165) is 0 Å². The second kappa shape index (κ2) is 26.9. The number of nitrogens with zero attached hydrogens (tertiary/aromatic N) is 1. The van der Waals surface area contributed by atoms with E-state index in [-0.39, 0.29) is 248 Å². The third kappa shape index (κ3) is 19.3. The van der Waals surface area contributed by atoms with E-state index in [0.29, 0.717) is 5.06 Å². The molecule has 0 bridgehead atoms. The molecule has 1 rings (SSSR count). The largest absolute Gasteiger partial charge is 0.782 e. The number of carbonyl (C=O) groups is 3. The van der Waals surface area contributed by atoms with Crippen molar-refractivity contribution in [3.05, 3.63) is 0 Å². The van der Waals surface area contributed by atoms with Crippen LogP contribution in [0.1, 0.15) is 12.8 Å². The predicted molar refractivity (Wildman–Crippen MR) is 39.4 cm³/mol. The molecule has 0 aromatic rings. The van der Waals surface area contributed by atoms with E-state index in [2.05, 4.69) is 17.5 Å². The van der Waals surface area contributed by atoms with Crippen molar-refractivity contribution in [3.63, 3.8) is 0 Å². The Labute approximate surface area is 294 Å². The van der Waals surface area contributed by atoms with E-state index in [1.54, 1.807) is 0 Å². The first-order valence-corrected chi connectivity index (χ1v) is 3.87. The molecule has 0 spiro atoms. The molecule has 0 saturated carbocycles. The van der Waals surface area contributed by atoms with Crippen LogP contribution in [0.4, 0.5) is 0 Å². The van der Waals surface area contributed by atoms with Crippen LogP contribution in [0, 0.1) is 0 Å². The summed E-state index contributed by atoms with van der Waals surface area (Å²) in [4.78, 5) is 36.6. The van der Waals surface area contributed by atoms with Crippen LogP contribution in [0.2, 0.25) is 0 Å². The maximum Gasteiger partial charge on any atom is 0.309 e. The van der Waals surface area contributed by atoms with Gasteiger partial charge in [0, 0.05) is 242 Å². The molecule has 0 unspecified atom stereocenters. The average molecular weight is 811 g/mol. The molecule has 0 N–H and O–H groups in total. The Balaban J connectivity index is -0.0000000411. The summed E-state index contributed by atoms with van der Waals surface area (Å²) in [5, 5.41) is 0.481. The van der Waals surface area contributed by atoms with Crippen LogP contribution in [-0.2, 0) is 261 Å². The van der Waals surface area contributed by atoms with Gasteiger partial charge >= 0.3 is 5.97 Å². The van der Waals surface area contributed by atoms with Gasteiger partial charge in [-0.05, 0) is 0 Å². The van der Waals surface area contributed by atoms with Gasteiger partial charge in [-0.3, -0.25) is 14.4 Å². The summed E-state index contributed by atoms with van der Waals surface area (Å²) in [7, 11) is 0. The molecule has 0 aliphatic carbocycles. The summed E-state index contributed by atoms with van der Waals surface area (Å²) in [5.74, 6) is -2.00. The molecule has 1 heterocycles. The molecular formula is C6H6NO4SY7-. The first-order chi connectivity index (χ1) is 5.65. The molecule has 2 amide bonds. The predicted octanol–water partition coefficient (Wildman–Crippen LogP) is -0.877. The van der Waals surface area contributed by atoms with E-state index >= 15 is 0 Å². The van der Waals surface area contributed by atoms with E-state index in [4.69, 9.17) is 0 Å². The molecule has 19 heavy (non-hydrogen) atoms. The Bertz CT molecular complexity index is 242. The zero-order valence-electron chi connectivity index (χ0n) is 10.2. The van der Waals surface area contributed by atoms with Crippen molar-refractivity contribution in [2.75, 3.05) is 5.75 Å². The minimum atomic E-state index is -0.756. The number of rotatable bonds is 2. The van der Waals surface area contributed by atoms with E-state index in [1.807, 2.05) is 0 Å². The van der Waals surface area contributed by atoms with Crippen molar-refractivity contribution in [1.82, 2.24) is 5.06 Å². The second-order valence-corrected chi connectivity index (χ2v) is 2.48. The molecule has 1 aliphatic rings. The Morgan fingerprint density at radius 3 is 1.53 bits per heavy atom. The summed E-state index contributed by atoms with van der Waals surface area (Å²) in [6.07, 6.45) is 0.201. The molecule has 1 aliphatic heterocycles. The molecule has 0 aromatic carbocycles. The molecule has 7 radical (unpaired) electrons. The molecule has 87 valence electrons. The normalized spacial score (nSPS) is 10.7. The van der Waals surface area contributed by atoms with Crippen LogP contribution in [0.3, 0.4) is 0 Å². The van der Waals surface area contributed by atoms with Gasteiger partial charge in [-0.25, -0.2) is 0 Å². The van der Waals surface area contributed by atoms with Crippen LogP contribution in [-0.4, -0.2) is 28.6 Å². The van der Waals surface area contributed by atoms with E-state index in [9.17, 15) is 14.4 Å². The van der Waals surface area contributed by atoms with Crippen molar-refractivity contribution in [3.8, 4) is 0 Å².